The first kappa shape index (κ1) is 14.2. The van der Waals surface area contributed by atoms with Crippen LogP contribution in [0.25, 0.3) is 11.4 Å². The molecule has 2 heterocycles. The second-order valence-electron chi connectivity index (χ2n) is 6.78. The van der Waals surface area contributed by atoms with Crippen LogP contribution < -0.4 is 0 Å². The van der Waals surface area contributed by atoms with Gasteiger partial charge in [0.15, 0.2) is 10.6 Å². The van der Waals surface area contributed by atoms with Crippen LogP contribution in [0.4, 0.5) is 0 Å². The van der Waals surface area contributed by atoms with Gasteiger partial charge in [-0.25, -0.2) is 4.68 Å². The molecule has 5 heteroatoms. The van der Waals surface area contributed by atoms with Crippen molar-refractivity contribution in [2.24, 2.45) is 13.0 Å². The van der Waals surface area contributed by atoms with Gasteiger partial charge in [0.05, 0.1) is 6.67 Å². The average Bonchev–Trinajstić information content (AvgIpc) is 3.19. The molecule has 2 fully saturated rings. The molecule has 22 heavy (non-hydrogen) atoms. The lowest BCUT2D eigenvalue weighted by atomic mass is 10.1. The van der Waals surface area contributed by atoms with E-state index in [4.69, 9.17) is 17.3 Å². The molecule has 2 atom stereocenters. The van der Waals surface area contributed by atoms with Crippen LogP contribution >= 0.6 is 12.2 Å². The number of nitrogens with zero attached hydrogens (tertiary/aromatic N) is 4. The summed E-state index contributed by atoms with van der Waals surface area (Å²) in [5.41, 5.74) is 2.39. The van der Waals surface area contributed by atoms with Gasteiger partial charge < -0.3 is 4.57 Å². The molecule has 0 N–H and O–H groups in total. The number of benzene rings is 1. The van der Waals surface area contributed by atoms with Crippen LogP contribution in [-0.4, -0.2) is 31.8 Å². The molecule has 1 aromatic heterocycles. The SMILES string of the molecule is Cc1ccc(-c2nn(CN3CC4CCC3C4)c(=S)n2C)cc1. The third-order valence-electron chi connectivity index (χ3n) is 5.19. The van der Waals surface area contributed by atoms with E-state index in [9.17, 15) is 0 Å². The van der Waals surface area contributed by atoms with Crippen LogP contribution in [0.1, 0.15) is 24.8 Å². The summed E-state index contributed by atoms with van der Waals surface area (Å²) in [5, 5.41) is 4.79. The number of hydrogen-bond donors (Lipinski definition) is 0. The highest BCUT2D eigenvalue weighted by Gasteiger charge is 2.37. The Kier molecular flexibility index (Phi) is 3.42. The highest BCUT2D eigenvalue weighted by atomic mass is 32.1. The second-order valence-corrected chi connectivity index (χ2v) is 7.14. The lowest BCUT2D eigenvalue weighted by Gasteiger charge is -2.26. The van der Waals surface area contributed by atoms with Crippen LogP contribution in [0.2, 0.25) is 0 Å². The van der Waals surface area contributed by atoms with E-state index in [2.05, 4.69) is 36.1 Å². The summed E-state index contributed by atoms with van der Waals surface area (Å²) >= 11 is 5.60. The van der Waals surface area contributed by atoms with Crippen molar-refractivity contribution < 1.29 is 0 Å². The first-order chi connectivity index (χ1) is 10.6. The van der Waals surface area contributed by atoms with E-state index in [1.54, 1.807) is 0 Å². The summed E-state index contributed by atoms with van der Waals surface area (Å²) in [6, 6.07) is 9.23. The number of aryl methyl sites for hydroxylation is 1. The number of likely N-dealkylation sites (tertiary alicyclic amines) is 1. The molecule has 0 radical (unpaired) electrons. The van der Waals surface area contributed by atoms with E-state index >= 15 is 0 Å². The van der Waals surface area contributed by atoms with Crippen molar-refractivity contribution >= 4 is 12.2 Å². The average molecular weight is 314 g/mol. The van der Waals surface area contributed by atoms with Gasteiger partial charge in [0, 0.05) is 25.2 Å². The van der Waals surface area contributed by atoms with Crippen molar-refractivity contribution in [1.29, 1.82) is 0 Å². The Hall–Kier alpha value is -1.46. The summed E-state index contributed by atoms with van der Waals surface area (Å²) in [7, 11) is 2.01. The Morgan fingerprint density at radius 3 is 2.64 bits per heavy atom. The molecule has 116 valence electrons. The minimum absolute atomic E-state index is 0.747. The Morgan fingerprint density at radius 1 is 1.23 bits per heavy atom. The molecule has 2 unspecified atom stereocenters. The van der Waals surface area contributed by atoms with Crippen LogP contribution in [0, 0.1) is 17.6 Å². The first-order valence-electron chi connectivity index (χ1n) is 8.07. The van der Waals surface area contributed by atoms with E-state index in [0.717, 1.165) is 34.8 Å². The largest absolute Gasteiger partial charge is 0.303 e. The van der Waals surface area contributed by atoms with Gasteiger partial charge in [-0.2, -0.15) is 5.10 Å². The quantitative estimate of drug-likeness (QED) is 0.813. The van der Waals surface area contributed by atoms with Crippen molar-refractivity contribution in [3.05, 3.63) is 34.6 Å². The maximum absolute atomic E-state index is 5.60. The van der Waals surface area contributed by atoms with Crippen LogP contribution in [0.15, 0.2) is 24.3 Å². The third-order valence-corrected chi connectivity index (χ3v) is 5.67. The standard InChI is InChI=1S/C17H22N4S/c1-12-3-6-14(7-4-12)16-18-21(17(22)19(16)2)11-20-10-13-5-8-15(20)9-13/h3-4,6-7,13,15H,5,8-11H2,1-2H3. The van der Waals surface area contributed by atoms with E-state index in [-0.39, 0.29) is 0 Å². The number of rotatable bonds is 3. The number of piperidine rings is 1. The Labute approximate surface area is 136 Å². The summed E-state index contributed by atoms with van der Waals surface area (Å²) in [6.07, 6.45) is 4.12. The molecule has 2 aliphatic rings. The fourth-order valence-corrected chi connectivity index (χ4v) is 4.09. The normalized spacial score (nSPS) is 24.3. The molecular formula is C17H22N4S. The van der Waals surface area contributed by atoms with Gasteiger partial charge in [0.25, 0.3) is 0 Å². The monoisotopic (exact) mass is 314 g/mol. The van der Waals surface area contributed by atoms with E-state index in [1.807, 2.05) is 16.3 Å². The molecular weight excluding hydrogens is 292 g/mol. The molecule has 2 aromatic rings. The first-order valence-corrected chi connectivity index (χ1v) is 8.47. The molecule has 1 aliphatic heterocycles. The zero-order valence-corrected chi connectivity index (χ0v) is 14.0. The molecule has 1 aromatic carbocycles. The molecule has 1 aliphatic carbocycles. The zero-order chi connectivity index (χ0) is 15.3. The molecule has 0 spiro atoms. The van der Waals surface area contributed by atoms with Gasteiger partial charge in [-0.05, 0) is 44.3 Å². The van der Waals surface area contributed by atoms with Gasteiger partial charge in [-0.15, -0.1) is 0 Å². The molecule has 1 saturated carbocycles. The molecule has 1 saturated heterocycles. The van der Waals surface area contributed by atoms with Crippen molar-refractivity contribution in [2.45, 2.75) is 38.9 Å². The predicted molar refractivity (Wildman–Crippen MR) is 90.0 cm³/mol. The van der Waals surface area contributed by atoms with Gasteiger partial charge in [-0.3, -0.25) is 4.90 Å². The van der Waals surface area contributed by atoms with Crippen molar-refractivity contribution in [3.8, 4) is 11.4 Å². The van der Waals surface area contributed by atoms with Crippen LogP contribution in [0.3, 0.4) is 0 Å². The topological polar surface area (TPSA) is 26.0 Å². The van der Waals surface area contributed by atoms with E-state index in [1.165, 1.54) is 31.4 Å². The fourth-order valence-electron chi connectivity index (χ4n) is 3.91. The fraction of sp³-hybridized carbons (Fsp3) is 0.529. The van der Waals surface area contributed by atoms with E-state index < -0.39 is 0 Å². The molecule has 2 bridgehead atoms. The molecule has 0 amide bonds. The zero-order valence-electron chi connectivity index (χ0n) is 13.2. The second kappa shape index (κ2) is 5.32. The lowest BCUT2D eigenvalue weighted by Crippen LogP contribution is -2.34. The lowest BCUT2D eigenvalue weighted by molar-refractivity contribution is 0.158. The van der Waals surface area contributed by atoms with Gasteiger partial charge in [0.1, 0.15) is 0 Å². The summed E-state index contributed by atoms with van der Waals surface area (Å²) in [5.74, 6) is 1.86. The predicted octanol–water partition coefficient (Wildman–Crippen LogP) is 3.37. The number of hydrogen-bond acceptors (Lipinski definition) is 3. The molecule has 4 rings (SSSR count). The van der Waals surface area contributed by atoms with Crippen molar-refractivity contribution in [1.82, 2.24) is 19.2 Å². The highest BCUT2D eigenvalue weighted by molar-refractivity contribution is 7.71. The molecule has 4 nitrogen and oxygen atoms in total. The van der Waals surface area contributed by atoms with Crippen molar-refractivity contribution in [2.75, 3.05) is 6.54 Å². The highest BCUT2D eigenvalue weighted by Crippen LogP contribution is 2.37. The third kappa shape index (κ3) is 2.32. The summed E-state index contributed by atoms with van der Waals surface area (Å²) in [4.78, 5) is 2.55. The smallest absolute Gasteiger partial charge is 0.199 e. The maximum atomic E-state index is 5.60. The summed E-state index contributed by atoms with van der Waals surface area (Å²) < 4.78 is 4.82. The van der Waals surface area contributed by atoms with Crippen molar-refractivity contribution in [3.63, 3.8) is 0 Å². The van der Waals surface area contributed by atoms with Gasteiger partial charge in [-0.1, -0.05) is 29.8 Å². The summed E-state index contributed by atoms with van der Waals surface area (Å²) in [6.45, 7) is 4.14. The van der Waals surface area contributed by atoms with Gasteiger partial charge in [0.2, 0.25) is 0 Å². The Morgan fingerprint density at radius 2 is 2.00 bits per heavy atom. The Bertz CT molecular complexity index is 743. The van der Waals surface area contributed by atoms with Gasteiger partial charge >= 0.3 is 0 Å². The maximum Gasteiger partial charge on any atom is 0.199 e. The van der Waals surface area contributed by atoms with E-state index in [0.29, 0.717) is 0 Å². The van der Waals surface area contributed by atoms with Crippen LogP contribution in [-0.2, 0) is 13.7 Å². The number of fused-ring (bicyclic) bond motifs is 2. The minimum Gasteiger partial charge on any atom is -0.303 e. The minimum atomic E-state index is 0.747. The van der Waals surface area contributed by atoms with Crippen LogP contribution in [0.5, 0.6) is 0 Å². The Balaban J connectivity index is 1.63. The number of aromatic nitrogens is 3.